The molecule has 0 saturated heterocycles. The Labute approximate surface area is 136 Å². The van der Waals surface area contributed by atoms with Crippen molar-refractivity contribution in [2.24, 2.45) is 11.7 Å². The van der Waals surface area contributed by atoms with Gasteiger partial charge in [-0.25, -0.2) is 4.98 Å². The van der Waals surface area contributed by atoms with E-state index in [2.05, 4.69) is 10.3 Å². The van der Waals surface area contributed by atoms with E-state index in [1.807, 2.05) is 44.2 Å². The highest BCUT2D eigenvalue weighted by Gasteiger charge is 2.22. The summed E-state index contributed by atoms with van der Waals surface area (Å²) in [6, 6.07) is 9.28. The summed E-state index contributed by atoms with van der Waals surface area (Å²) in [5.74, 6) is 0.893. The topological polar surface area (TPSA) is 81.2 Å². The van der Waals surface area contributed by atoms with Crippen molar-refractivity contribution in [2.75, 3.05) is 0 Å². The number of hydrogen-bond acceptors (Lipinski definition) is 4. The van der Waals surface area contributed by atoms with Gasteiger partial charge in [0.05, 0.1) is 18.7 Å². The predicted octanol–water partition coefficient (Wildman–Crippen LogP) is 2.61. The minimum atomic E-state index is -0.332. The molecule has 3 N–H and O–H groups in total. The van der Waals surface area contributed by atoms with Gasteiger partial charge in [0.25, 0.3) is 0 Å². The van der Waals surface area contributed by atoms with Crippen LogP contribution in [0.1, 0.15) is 37.1 Å². The molecule has 120 valence electrons. The van der Waals surface area contributed by atoms with Gasteiger partial charge in [-0.2, -0.15) is 0 Å². The highest BCUT2D eigenvalue weighted by molar-refractivity contribution is 5.85. The minimum Gasteiger partial charge on any atom is -0.444 e. The van der Waals surface area contributed by atoms with Crippen LogP contribution in [0.3, 0.4) is 0 Å². The van der Waals surface area contributed by atoms with Crippen molar-refractivity contribution in [1.82, 2.24) is 10.3 Å². The third-order valence-electron chi connectivity index (χ3n) is 3.50. The van der Waals surface area contributed by atoms with Crippen LogP contribution in [0.5, 0.6) is 0 Å². The van der Waals surface area contributed by atoms with Crippen LogP contribution < -0.4 is 11.1 Å². The number of halogens is 1. The van der Waals surface area contributed by atoms with Crippen LogP contribution in [0, 0.1) is 5.92 Å². The number of aryl methyl sites for hydroxylation is 1. The second-order valence-electron chi connectivity index (χ2n) is 5.02. The Bertz CT molecular complexity index is 586. The summed E-state index contributed by atoms with van der Waals surface area (Å²) in [4.78, 5) is 16.3. The first kappa shape index (κ1) is 18.2. The molecule has 5 nitrogen and oxygen atoms in total. The molecular weight excluding hydrogens is 302 g/mol. The Morgan fingerprint density at radius 3 is 2.64 bits per heavy atom. The van der Waals surface area contributed by atoms with Crippen molar-refractivity contribution in [3.63, 3.8) is 0 Å². The van der Waals surface area contributed by atoms with Crippen molar-refractivity contribution in [2.45, 2.75) is 32.9 Å². The molecule has 1 heterocycles. The molecule has 22 heavy (non-hydrogen) atoms. The number of carbonyl (C=O) groups excluding carboxylic acids is 1. The van der Waals surface area contributed by atoms with E-state index in [0.29, 0.717) is 5.89 Å². The van der Waals surface area contributed by atoms with Crippen molar-refractivity contribution in [3.05, 3.63) is 53.7 Å². The fourth-order valence-corrected chi connectivity index (χ4v) is 2.04. The summed E-state index contributed by atoms with van der Waals surface area (Å²) in [6.07, 6.45) is 2.47. The largest absolute Gasteiger partial charge is 0.444 e. The van der Waals surface area contributed by atoms with Crippen LogP contribution in [0.25, 0.3) is 0 Å². The number of nitrogens with two attached hydrogens (primary N) is 1. The molecule has 1 amide bonds. The zero-order chi connectivity index (χ0) is 15.2. The van der Waals surface area contributed by atoms with Crippen LogP contribution in [-0.4, -0.2) is 10.9 Å². The summed E-state index contributed by atoms with van der Waals surface area (Å²) >= 11 is 0. The molecule has 1 aromatic carbocycles. The number of rotatable bonds is 6. The van der Waals surface area contributed by atoms with E-state index in [4.69, 9.17) is 10.2 Å². The summed E-state index contributed by atoms with van der Waals surface area (Å²) in [7, 11) is 0. The molecule has 6 heteroatoms. The zero-order valence-electron chi connectivity index (χ0n) is 12.8. The van der Waals surface area contributed by atoms with E-state index < -0.39 is 0 Å². The third kappa shape index (κ3) is 4.58. The van der Waals surface area contributed by atoms with Gasteiger partial charge in [0.15, 0.2) is 0 Å². The lowest BCUT2D eigenvalue weighted by molar-refractivity contribution is -0.125. The van der Waals surface area contributed by atoms with Crippen molar-refractivity contribution >= 4 is 18.3 Å². The molecule has 2 aromatic rings. The fraction of sp³-hybridized carbons (Fsp3) is 0.375. The highest BCUT2D eigenvalue weighted by Crippen LogP contribution is 2.19. The van der Waals surface area contributed by atoms with Crippen molar-refractivity contribution in [1.29, 1.82) is 0 Å². The number of benzene rings is 1. The highest BCUT2D eigenvalue weighted by atomic mass is 35.5. The Morgan fingerprint density at radius 1 is 1.36 bits per heavy atom. The first-order valence-corrected chi connectivity index (χ1v) is 7.13. The normalized spacial score (nSPS) is 13.0. The van der Waals surface area contributed by atoms with Gasteiger partial charge in [0.1, 0.15) is 5.76 Å². The van der Waals surface area contributed by atoms with Gasteiger partial charge in [-0.05, 0) is 5.56 Å². The van der Waals surface area contributed by atoms with Crippen LogP contribution >= 0.6 is 12.4 Å². The van der Waals surface area contributed by atoms with Gasteiger partial charge in [0.2, 0.25) is 11.8 Å². The summed E-state index contributed by atoms with van der Waals surface area (Å²) in [5.41, 5.74) is 7.08. The molecule has 1 aromatic heterocycles. The van der Waals surface area contributed by atoms with Gasteiger partial charge in [0, 0.05) is 12.5 Å². The molecule has 0 aliphatic rings. The Kier molecular flexibility index (Phi) is 7.08. The minimum absolute atomic E-state index is 0. The van der Waals surface area contributed by atoms with Crippen LogP contribution in [0.4, 0.5) is 0 Å². The summed E-state index contributed by atoms with van der Waals surface area (Å²) in [5, 5.41) is 2.81. The van der Waals surface area contributed by atoms with E-state index in [-0.39, 0.29) is 36.8 Å². The van der Waals surface area contributed by atoms with E-state index in [0.717, 1.165) is 17.7 Å². The lowest BCUT2D eigenvalue weighted by Gasteiger charge is -2.19. The van der Waals surface area contributed by atoms with E-state index in [1.165, 1.54) is 0 Å². The van der Waals surface area contributed by atoms with Gasteiger partial charge < -0.3 is 15.5 Å². The molecule has 2 rings (SSSR count). The Hall–Kier alpha value is -1.85. The SMILES string of the molecule is CCc1cnc(CNC(=O)C(C)C(N)c2ccccc2)o1.Cl. The van der Waals surface area contributed by atoms with E-state index >= 15 is 0 Å². The van der Waals surface area contributed by atoms with Gasteiger partial charge in [-0.15, -0.1) is 12.4 Å². The fourth-order valence-electron chi connectivity index (χ4n) is 2.04. The summed E-state index contributed by atoms with van der Waals surface area (Å²) in [6.45, 7) is 4.09. The lowest BCUT2D eigenvalue weighted by atomic mass is 9.95. The number of carbonyl (C=O) groups is 1. The monoisotopic (exact) mass is 323 g/mol. The molecular formula is C16H22ClN3O2. The molecule has 0 fully saturated rings. The molecule has 2 atom stereocenters. The van der Waals surface area contributed by atoms with Crippen molar-refractivity contribution < 1.29 is 9.21 Å². The smallest absolute Gasteiger partial charge is 0.225 e. The average molecular weight is 324 g/mol. The molecule has 0 aliphatic carbocycles. The number of nitrogens with zero attached hydrogens (tertiary/aromatic N) is 1. The number of nitrogens with one attached hydrogen (secondary N) is 1. The Balaban J connectivity index is 0.00000242. The third-order valence-corrected chi connectivity index (χ3v) is 3.50. The first-order valence-electron chi connectivity index (χ1n) is 7.13. The standard InChI is InChI=1S/C16H21N3O2.ClH/c1-3-13-9-18-14(21-13)10-19-16(20)11(2)15(17)12-7-5-4-6-8-12;/h4-9,11,15H,3,10,17H2,1-2H3,(H,19,20);1H. The number of oxazole rings is 1. The zero-order valence-corrected chi connectivity index (χ0v) is 13.6. The molecule has 0 aliphatic heterocycles. The van der Waals surface area contributed by atoms with Crippen LogP contribution in [0.15, 0.2) is 40.9 Å². The maximum Gasteiger partial charge on any atom is 0.225 e. The second kappa shape index (κ2) is 8.56. The second-order valence-corrected chi connectivity index (χ2v) is 5.02. The van der Waals surface area contributed by atoms with Gasteiger partial charge in [-0.1, -0.05) is 44.2 Å². The maximum atomic E-state index is 12.1. The lowest BCUT2D eigenvalue weighted by Crippen LogP contribution is -2.35. The van der Waals surface area contributed by atoms with E-state index in [9.17, 15) is 4.79 Å². The number of amides is 1. The van der Waals surface area contributed by atoms with Crippen LogP contribution in [0.2, 0.25) is 0 Å². The summed E-state index contributed by atoms with van der Waals surface area (Å²) < 4.78 is 5.45. The molecule has 2 unspecified atom stereocenters. The van der Waals surface area contributed by atoms with Gasteiger partial charge in [-0.3, -0.25) is 4.79 Å². The molecule has 0 radical (unpaired) electrons. The maximum absolute atomic E-state index is 12.1. The van der Waals surface area contributed by atoms with Gasteiger partial charge >= 0.3 is 0 Å². The molecule has 0 spiro atoms. The predicted molar refractivity (Wildman–Crippen MR) is 87.5 cm³/mol. The van der Waals surface area contributed by atoms with Crippen molar-refractivity contribution in [3.8, 4) is 0 Å². The average Bonchev–Trinajstić information content (AvgIpc) is 3.00. The quantitative estimate of drug-likeness (QED) is 0.856. The Morgan fingerprint density at radius 2 is 2.05 bits per heavy atom. The molecule has 0 bridgehead atoms. The van der Waals surface area contributed by atoms with E-state index in [1.54, 1.807) is 6.20 Å². The number of hydrogen-bond donors (Lipinski definition) is 2. The number of aromatic nitrogens is 1. The van der Waals surface area contributed by atoms with Crippen LogP contribution in [-0.2, 0) is 17.8 Å². The molecule has 0 saturated carbocycles. The first-order chi connectivity index (χ1) is 10.1.